The molecule has 0 atom stereocenters. The maximum absolute atomic E-state index is 13.4. The zero-order chi connectivity index (χ0) is 27.2. The molecule has 0 unspecified atom stereocenters. The number of allylic oxidation sites excluding steroid dienone is 1. The monoisotopic (exact) mass is 550 g/mol. The molecule has 0 saturated heterocycles. The molecule has 0 radical (unpaired) electrons. The Bertz CT molecular complexity index is 1430. The Kier molecular flexibility index (Phi) is 8.51. The molecular formula is C29H24Cl2N2O5. The van der Waals surface area contributed by atoms with Gasteiger partial charge in [-0.15, -0.1) is 0 Å². The van der Waals surface area contributed by atoms with Crippen molar-refractivity contribution in [3.63, 3.8) is 0 Å². The minimum atomic E-state index is -0.633. The van der Waals surface area contributed by atoms with E-state index in [1.165, 1.54) is 12.0 Å². The van der Waals surface area contributed by atoms with Gasteiger partial charge in [0, 0.05) is 12.2 Å². The lowest BCUT2D eigenvalue weighted by molar-refractivity contribution is -0.136. The SMILES string of the molecule is COC(=O)C1=C(C)N(c2ccc(Cl)c(Cl)c2)C(=O)/C1=C\c1ccc(OCC(=O)NCc2ccccc2)cc1. The van der Waals surface area contributed by atoms with Crippen LogP contribution in [0.15, 0.2) is 89.6 Å². The summed E-state index contributed by atoms with van der Waals surface area (Å²) >= 11 is 12.2. The van der Waals surface area contributed by atoms with Crippen molar-refractivity contribution in [2.75, 3.05) is 18.6 Å². The predicted octanol–water partition coefficient (Wildman–Crippen LogP) is 5.57. The predicted molar refractivity (Wildman–Crippen MR) is 147 cm³/mol. The first-order valence-electron chi connectivity index (χ1n) is 11.6. The second kappa shape index (κ2) is 12.0. The smallest absolute Gasteiger partial charge is 0.340 e. The van der Waals surface area contributed by atoms with Gasteiger partial charge in [0.05, 0.1) is 34.0 Å². The fraction of sp³-hybridized carbons (Fsp3) is 0.138. The highest BCUT2D eigenvalue weighted by Gasteiger charge is 2.38. The number of carbonyl (C=O) groups excluding carboxylic acids is 3. The Morgan fingerprint density at radius 1 is 0.974 bits per heavy atom. The molecule has 0 aromatic heterocycles. The van der Waals surface area contributed by atoms with Crippen LogP contribution in [0.4, 0.5) is 5.69 Å². The van der Waals surface area contributed by atoms with Gasteiger partial charge in [-0.25, -0.2) is 4.79 Å². The van der Waals surface area contributed by atoms with Gasteiger partial charge in [-0.05, 0) is 54.5 Å². The van der Waals surface area contributed by atoms with Crippen molar-refractivity contribution in [1.82, 2.24) is 5.32 Å². The van der Waals surface area contributed by atoms with E-state index < -0.39 is 11.9 Å². The summed E-state index contributed by atoms with van der Waals surface area (Å²) in [6.45, 7) is 1.93. The molecule has 0 fully saturated rings. The highest BCUT2D eigenvalue weighted by atomic mass is 35.5. The number of carbonyl (C=O) groups is 3. The molecule has 7 nitrogen and oxygen atoms in total. The fourth-order valence-corrected chi connectivity index (χ4v) is 4.23. The first kappa shape index (κ1) is 27.0. The summed E-state index contributed by atoms with van der Waals surface area (Å²) in [4.78, 5) is 39.5. The molecule has 1 N–H and O–H groups in total. The molecule has 1 heterocycles. The van der Waals surface area contributed by atoms with Crippen LogP contribution in [0.3, 0.4) is 0 Å². The number of amides is 2. The van der Waals surface area contributed by atoms with Gasteiger partial charge in [0.2, 0.25) is 0 Å². The molecule has 3 aromatic carbocycles. The Balaban J connectivity index is 1.48. The number of hydrogen-bond donors (Lipinski definition) is 1. The number of nitrogens with zero attached hydrogens (tertiary/aromatic N) is 1. The van der Waals surface area contributed by atoms with E-state index in [0.29, 0.717) is 34.3 Å². The summed E-state index contributed by atoms with van der Waals surface area (Å²) in [6, 6.07) is 21.2. The molecule has 0 bridgehead atoms. The minimum absolute atomic E-state index is 0.140. The van der Waals surface area contributed by atoms with Gasteiger partial charge in [0.15, 0.2) is 6.61 Å². The summed E-state index contributed by atoms with van der Waals surface area (Å²) in [7, 11) is 1.26. The van der Waals surface area contributed by atoms with Crippen LogP contribution in [-0.4, -0.2) is 31.5 Å². The molecule has 0 spiro atoms. The van der Waals surface area contributed by atoms with Crippen LogP contribution in [0.1, 0.15) is 18.1 Å². The Morgan fingerprint density at radius 3 is 2.34 bits per heavy atom. The average Bonchev–Trinajstić information content (AvgIpc) is 3.17. The Hall–Kier alpha value is -4.07. The van der Waals surface area contributed by atoms with Crippen LogP contribution in [0.2, 0.25) is 10.0 Å². The second-order valence-corrected chi connectivity index (χ2v) is 9.18. The first-order chi connectivity index (χ1) is 18.3. The molecule has 0 saturated carbocycles. The number of anilines is 1. The highest BCUT2D eigenvalue weighted by Crippen LogP contribution is 2.37. The zero-order valence-corrected chi connectivity index (χ0v) is 22.2. The summed E-state index contributed by atoms with van der Waals surface area (Å²) in [5.41, 5.74) is 2.86. The van der Waals surface area contributed by atoms with E-state index in [-0.39, 0.29) is 28.7 Å². The van der Waals surface area contributed by atoms with Gasteiger partial charge in [0.1, 0.15) is 5.75 Å². The lowest BCUT2D eigenvalue weighted by Crippen LogP contribution is -2.28. The van der Waals surface area contributed by atoms with Gasteiger partial charge in [0.25, 0.3) is 11.8 Å². The molecular weight excluding hydrogens is 527 g/mol. The molecule has 2 amide bonds. The highest BCUT2D eigenvalue weighted by molar-refractivity contribution is 6.42. The number of hydrogen-bond acceptors (Lipinski definition) is 5. The van der Waals surface area contributed by atoms with E-state index in [1.807, 2.05) is 30.3 Å². The van der Waals surface area contributed by atoms with E-state index in [2.05, 4.69) is 5.32 Å². The minimum Gasteiger partial charge on any atom is -0.484 e. The van der Waals surface area contributed by atoms with E-state index in [1.54, 1.807) is 55.5 Å². The summed E-state index contributed by atoms with van der Waals surface area (Å²) in [6.07, 6.45) is 1.60. The van der Waals surface area contributed by atoms with Crippen LogP contribution < -0.4 is 15.0 Å². The average molecular weight is 551 g/mol. The molecule has 9 heteroatoms. The molecule has 38 heavy (non-hydrogen) atoms. The van der Waals surface area contributed by atoms with E-state index in [0.717, 1.165) is 5.56 Å². The number of nitrogens with one attached hydrogen (secondary N) is 1. The zero-order valence-electron chi connectivity index (χ0n) is 20.7. The number of methoxy groups -OCH3 is 1. The lowest BCUT2D eigenvalue weighted by Gasteiger charge is -2.18. The van der Waals surface area contributed by atoms with E-state index in [4.69, 9.17) is 32.7 Å². The maximum Gasteiger partial charge on any atom is 0.340 e. The first-order valence-corrected chi connectivity index (χ1v) is 12.4. The summed E-state index contributed by atoms with van der Waals surface area (Å²) < 4.78 is 10.5. The van der Waals surface area contributed by atoms with Crippen molar-refractivity contribution in [2.45, 2.75) is 13.5 Å². The quantitative estimate of drug-likeness (QED) is 0.293. The van der Waals surface area contributed by atoms with Crippen molar-refractivity contribution in [3.8, 4) is 5.75 Å². The van der Waals surface area contributed by atoms with E-state index >= 15 is 0 Å². The third kappa shape index (κ3) is 6.07. The lowest BCUT2D eigenvalue weighted by atomic mass is 10.0. The van der Waals surface area contributed by atoms with Crippen LogP contribution in [0.25, 0.3) is 6.08 Å². The molecule has 194 valence electrons. The molecule has 4 rings (SSSR count). The third-order valence-electron chi connectivity index (χ3n) is 5.84. The van der Waals surface area contributed by atoms with E-state index in [9.17, 15) is 14.4 Å². The van der Waals surface area contributed by atoms with Crippen molar-refractivity contribution < 1.29 is 23.9 Å². The van der Waals surface area contributed by atoms with Crippen LogP contribution in [0.5, 0.6) is 5.75 Å². The van der Waals surface area contributed by atoms with Gasteiger partial charge < -0.3 is 14.8 Å². The number of halogens is 2. The summed E-state index contributed by atoms with van der Waals surface area (Å²) in [5.74, 6) is -0.803. The van der Waals surface area contributed by atoms with Crippen LogP contribution in [-0.2, 0) is 25.7 Å². The van der Waals surface area contributed by atoms with Crippen molar-refractivity contribution >= 4 is 52.7 Å². The normalized spacial score (nSPS) is 14.2. The number of rotatable bonds is 8. The van der Waals surface area contributed by atoms with Gasteiger partial charge >= 0.3 is 5.97 Å². The number of benzene rings is 3. The maximum atomic E-state index is 13.4. The topological polar surface area (TPSA) is 84.9 Å². The van der Waals surface area contributed by atoms with Crippen LogP contribution in [0, 0.1) is 0 Å². The van der Waals surface area contributed by atoms with Gasteiger partial charge in [-0.1, -0.05) is 65.7 Å². The Labute approximate surface area is 230 Å². The molecule has 3 aromatic rings. The fourth-order valence-electron chi connectivity index (χ4n) is 3.94. The largest absolute Gasteiger partial charge is 0.484 e. The summed E-state index contributed by atoms with van der Waals surface area (Å²) in [5, 5.41) is 3.44. The number of ether oxygens (including phenoxy) is 2. The van der Waals surface area contributed by atoms with Crippen LogP contribution >= 0.6 is 23.2 Å². The van der Waals surface area contributed by atoms with Gasteiger partial charge in [-0.2, -0.15) is 0 Å². The Morgan fingerprint density at radius 2 is 1.68 bits per heavy atom. The van der Waals surface area contributed by atoms with Crippen molar-refractivity contribution in [1.29, 1.82) is 0 Å². The van der Waals surface area contributed by atoms with Crippen molar-refractivity contribution in [3.05, 3.63) is 111 Å². The second-order valence-electron chi connectivity index (χ2n) is 8.37. The standard InChI is InChI=1S/C29H24Cl2N2O5/c1-18-27(29(36)37-2)23(28(35)33(18)21-10-13-24(30)25(31)15-21)14-19-8-11-22(12-9-19)38-17-26(34)32-16-20-6-4-3-5-7-20/h3-15H,16-17H2,1-2H3,(H,32,34)/b23-14-. The molecule has 0 aliphatic carbocycles. The number of esters is 1. The molecule has 1 aliphatic heterocycles. The third-order valence-corrected chi connectivity index (χ3v) is 6.58. The van der Waals surface area contributed by atoms with Crippen molar-refractivity contribution in [2.24, 2.45) is 0 Å². The molecule has 1 aliphatic rings. The van der Waals surface area contributed by atoms with Gasteiger partial charge in [-0.3, -0.25) is 14.5 Å².